The summed E-state index contributed by atoms with van der Waals surface area (Å²) >= 11 is 0. The molecule has 2 aliphatic rings. The highest BCUT2D eigenvalue weighted by molar-refractivity contribution is 5.96. The third kappa shape index (κ3) is 1.67. The standard InChI is InChI=1S/C18H22O2/c1-17(2)15-8-6-12-5-7-13(20-4)11-14(12)18(15,3)10-9-16(17)19/h5,7,9-11,15H,6,8H2,1-4H3/t15?,18-/m0/s1. The van der Waals surface area contributed by atoms with Crippen molar-refractivity contribution in [1.82, 2.24) is 0 Å². The predicted molar refractivity (Wildman–Crippen MR) is 80.1 cm³/mol. The molecule has 0 saturated heterocycles. The average Bonchev–Trinajstić information content (AvgIpc) is 2.43. The Kier molecular flexibility index (Phi) is 2.82. The van der Waals surface area contributed by atoms with Crippen LogP contribution in [0.15, 0.2) is 30.4 Å². The zero-order chi connectivity index (χ0) is 14.5. The smallest absolute Gasteiger partial charge is 0.161 e. The molecule has 0 bridgehead atoms. The van der Waals surface area contributed by atoms with Crippen LogP contribution in [0, 0.1) is 11.3 Å². The topological polar surface area (TPSA) is 26.3 Å². The Morgan fingerprint density at radius 2 is 2.00 bits per heavy atom. The van der Waals surface area contributed by atoms with E-state index >= 15 is 0 Å². The Morgan fingerprint density at radius 3 is 2.70 bits per heavy atom. The fourth-order valence-electron chi connectivity index (χ4n) is 4.14. The molecule has 2 atom stereocenters. The van der Waals surface area contributed by atoms with E-state index < -0.39 is 0 Å². The van der Waals surface area contributed by atoms with Gasteiger partial charge in [0.1, 0.15) is 5.75 Å². The first-order valence-electron chi connectivity index (χ1n) is 7.30. The Hall–Kier alpha value is -1.57. The molecule has 0 heterocycles. The SMILES string of the molecule is COc1ccc2c(c1)[C@]1(C)C=CC(=O)C(C)(C)C1CC2. The van der Waals surface area contributed by atoms with Gasteiger partial charge >= 0.3 is 0 Å². The van der Waals surface area contributed by atoms with Crippen molar-refractivity contribution in [2.75, 3.05) is 7.11 Å². The predicted octanol–water partition coefficient (Wildman–Crippen LogP) is 3.68. The van der Waals surface area contributed by atoms with Crippen LogP contribution in [0.25, 0.3) is 0 Å². The van der Waals surface area contributed by atoms with Gasteiger partial charge in [0.2, 0.25) is 0 Å². The van der Waals surface area contributed by atoms with Gasteiger partial charge in [-0.1, -0.05) is 32.9 Å². The number of ether oxygens (including phenoxy) is 1. The van der Waals surface area contributed by atoms with Gasteiger partial charge in [-0.25, -0.2) is 0 Å². The Labute approximate surface area is 120 Å². The summed E-state index contributed by atoms with van der Waals surface area (Å²) in [6.45, 7) is 6.44. The van der Waals surface area contributed by atoms with Crippen LogP contribution < -0.4 is 4.74 Å². The quantitative estimate of drug-likeness (QED) is 0.778. The Balaban J connectivity index is 2.20. The number of allylic oxidation sites excluding steroid dienone is 2. The van der Waals surface area contributed by atoms with E-state index in [1.54, 1.807) is 13.2 Å². The van der Waals surface area contributed by atoms with Gasteiger partial charge in [0, 0.05) is 10.8 Å². The number of methoxy groups -OCH3 is 1. The largest absolute Gasteiger partial charge is 0.497 e. The first-order chi connectivity index (χ1) is 9.39. The highest BCUT2D eigenvalue weighted by atomic mass is 16.5. The van der Waals surface area contributed by atoms with E-state index in [9.17, 15) is 4.79 Å². The number of fused-ring (bicyclic) bond motifs is 3. The number of ketones is 1. The lowest BCUT2D eigenvalue weighted by Crippen LogP contribution is -2.49. The third-order valence-corrected chi connectivity index (χ3v) is 5.41. The summed E-state index contributed by atoms with van der Waals surface area (Å²) in [6.07, 6.45) is 6.01. The van der Waals surface area contributed by atoms with Crippen molar-refractivity contribution < 1.29 is 9.53 Å². The molecule has 0 N–H and O–H groups in total. The Morgan fingerprint density at radius 1 is 1.25 bits per heavy atom. The first kappa shape index (κ1) is 13.4. The van der Waals surface area contributed by atoms with E-state index in [2.05, 4.69) is 39.0 Å². The monoisotopic (exact) mass is 270 g/mol. The van der Waals surface area contributed by atoms with Gasteiger partial charge in [0.25, 0.3) is 0 Å². The number of hydrogen-bond acceptors (Lipinski definition) is 2. The number of carbonyl (C=O) groups is 1. The van der Waals surface area contributed by atoms with E-state index in [-0.39, 0.29) is 16.6 Å². The lowest BCUT2D eigenvalue weighted by Gasteiger charge is -2.50. The van der Waals surface area contributed by atoms with E-state index in [1.165, 1.54) is 11.1 Å². The zero-order valence-electron chi connectivity index (χ0n) is 12.7. The molecule has 0 fully saturated rings. The van der Waals surface area contributed by atoms with E-state index in [1.807, 2.05) is 6.07 Å². The van der Waals surface area contributed by atoms with Crippen molar-refractivity contribution in [2.24, 2.45) is 11.3 Å². The van der Waals surface area contributed by atoms with E-state index in [4.69, 9.17) is 4.74 Å². The third-order valence-electron chi connectivity index (χ3n) is 5.41. The van der Waals surface area contributed by atoms with Gasteiger partial charge < -0.3 is 4.74 Å². The molecule has 106 valence electrons. The zero-order valence-corrected chi connectivity index (χ0v) is 12.7. The maximum absolute atomic E-state index is 12.2. The van der Waals surface area contributed by atoms with Gasteiger partial charge in [-0.15, -0.1) is 0 Å². The maximum atomic E-state index is 12.2. The molecule has 2 aliphatic carbocycles. The molecule has 0 aromatic heterocycles. The molecule has 3 rings (SSSR count). The molecule has 2 heteroatoms. The second kappa shape index (κ2) is 4.21. The second-order valence-corrected chi connectivity index (χ2v) is 6.82. The number of rotatable bonds is 1. The van der Waals surface area contributed by atoms with Crippen LogP contribution in [0.2, 0.25) is 0 Å². The fraction of sp³-hybridized carbons (Fsp3) is 0.500. The van der Waals surface area contributed by atoms with Gasteiger partial charge in [0.15, 0.2) is 5.78 Å². The van der Waals surface area contributed by atoms with E-state index in [0.717, 1.165) is 18.6 Å². The molecule has 20 heavy (non-hydrogen) atoms. The molecular weight excluding hydrogens is 248 g/mol. The fourth-order valence-corrected chi connectivity index (χ4v) is 4.14. The van der Waals surface area contributed by atoms with Crippen LogP contribution >= 0.6 is 0 Å². The summed E-state index contributed by atoms with van der Waals surface area (Å²) in [5.74, 6) is 1.51. The number of hydrogen-bond donors (Lipinski definition) is 0. The number of carbonyl (C=O) groups excluding carboxylic acids is 1. The minimum atomic E-state index is -0.287. The van der Waals surface area contributed by atoms with Crippen LogP contribution in [0.4, 0.5) is 0 Å². The molecule has 0 amide bonds. The molecule has 1 aromatic rings. The summed E-state index contributed by atoms with van der Waals surface area (Å²) in [6, 6.07) is 6.36. The van der Waals surface area contributed by atoms with Crippen LogP contribution in [-0.2, 0) is 16.6 Å². The van der Waals surface area contributed by atoms with Crippen LogP contribution in [-0.4, -0.2) is 12.9 Å². The van der Waals surface area contributed by atoms with Gasteiger partial charge in [0.05, 0.1) is 7.11 Å². The van der Waals surface area contributed by atoms with Gasteiger partial charge in [-0.05, 0) is 48.1 Å². The molecule has 0 spiro atoms. The summed E-state index contributed by atoms with van der Waals surface area (Å²) in [5, 5.41) is 0. The summed E-state index contributed by atoms with van der Waals surface area (Å²) in [4.78, 5) is 12.2. The molecule has 0 radical (unpaired) electrons. The summed E-state index contributed by atoms with van der Waals surface area (Å²) in [5.41, 5.74) is 2.35. The van der Waals surface area contributed by atoms with Crippen LogP contribution in [0.3, 0.4) is 0 Å². The summed E-state index contributed by atoms with van der Waals surface area (Å²) in [7, 11) is 1.70. The maximum Gasteiger partial charge on any atom is 0.161 e. The van der Waals surface area contributed by atoms with Crippen LogP contribution in [0.1, 0.15) is 38.3 Å². The normalized spacial score (nSPS) is 30.6. The molecule has 1 aromatic carbocycles. The highest BCUT2D eigenvalue weighted by Crippen LogP contribution is 2.53. The second-order valence-electron chi connectivity index (χ2n) is 6.82. The average molecular weight is 270 g/mol. The molecule has 2 nitrogen and oxygen atoms in total. The number of aryl methyl sites for hydroxylation is 1. The first-order valence-corrected chi connectivity index (χ1v) is 7.30. The lowest BCUT2D eigenvalue weighted by atomic mass is 9.52. The van der Waals surface area contributed by atoms with E-state index in [0.29, 0.717) is 5.92 Å². The van der Waals surface area contributed by atoms with Crippen molar-refractivity contribution in [1.29, 1.82) is 0 Å². The minimum absolute atomic E-state index is 0.0699. The van der Waals surface area contributed by atoms with Crippen molar-refractivity contribution >= 4 is 5.78 Å². The molecule has 1 unspecified atom stereocenters. The van der Waals surface area contributed by atoms with Gasteiger partial charge in [-0.2, -0.15) is 0 Å². The highest BCUT2D eigenvalue weighted by Gasteiger charge is 2.51. The van der Waals surface area contributed by atoms with Crippen molar-refractivity contribution in [2.45, 2.75) is 39.0 Å². The molecule has 0 saturated carbocycles. The molecular formula is C18H22O2. The van der Waals surface area contributed by atoms with Crippen molar-refractivity contribution in [3.05, 3.63) is 41.5 Å². The van der Waals surface area contributed by atoms with Gasteiger partial charge in [-0.3, -0.25) is 4.79 Å². The molecule has 0 aliphatic heterocycles. The number of benzene rings is 1. The summed E-state index contributed by atoms with van der Waals surface area (Å²) < 4.78 is 5.39. The van der Waals surface area contributed by atoms with Crippen LogP contribution in [0.5, 0.6) is 5.75 Å². The van der Waals surface area contributed by atoms with Crippen molar-refractivity contribution in [3.63, 3.8) is 0 Å². The minimum Gasteiger partial charge on any atom is -0.497 e. The van der Waals surface area contributed by atoms with Crippen molar-refractivity contribution in [3.8, 4) is 5.75 Å². The lowest BCUT2D eigenvalue weighted by molar-refractivity contribution is -0.127. The Bertz CT molecular complexity index is 597.